The summed E-state index contributed by atoms with van der Waals surface area (Å²) in [6.07, 6.45) is 6.73. The number of ether oxygens (including phenoxy) is 1. The Morgan fingerprint density at radius 1 is 1.33 bits per heavy atom. The first-order valence-corrected chi connectivity index (χ1v) is 5.87. The Kier molecular flexibility index (Phi) is 6.19. The quantitative estimate of drug-likeness (QED) is 0.452. The van der Waals surface area contributed by atoms with Crippen LogP contribution in [0.25, 0.3) is 5.70 Å². The molecule has 0 unspecified atom stereocenters. The van der Waals surface area contributed by atoms with Crippen molar-refractivity contribution in [3.05, 3.63) is 54.1 Å². The maximum Gasteiger partial charge on any atom is 0.332 e. The van der Waals surface area contributed by atoms with Crippen molar-refractivity contribution < 1.29 is 9.53 Å². The van der Waals surface area contributed by atoms with Gasteiger partial charge in [-0.25, -0.2) is 4.79 Å². The smallest absolute Gasteiger partial charge is 0.332 e. The van der Waals surface area contributed by atoms with E-state index in [1.807, 2.05) is 49.4 Å². The molecule has 1 rings (SSSR count). The maximum atomic E-state index is 11.5. The van der Waals surface area contributed by atoms with E-state index >= 15 is 0 Å². The van der Waals surface area contributed by atoms with Crippen molar-refractivity contribution in [1.82, 2.24) is 0 Å². The number of rotatable bonds is 5. The normalized spacial score (nSPS) is 12.2. The molecule has 0 saturated heterocycles. The number of allylic oxidation sites excluding steroid dienone is 2. The van der Waals surface area contributed by atoms with Crippen molar-refractivity contribution in [2.24, 2.45) is 4.99 Å². The van der Waals surface area contributed by atoms with Gasteiger partial charge in [-0.2, -0.15) is 0 Å². The summed E-state index contributed by atoms with van der Waals surface area (Å²) in [7, 11) is 0. The van der Waals surface area contributed by atoms with E-state index in [9.17, 15) is 4.79 Å². The molecule has 0 aromatic heterocycles. The Hall–Kier alpha value is -2.16. The average Bonchev–Trinajstić information content (AvgIpc) is 2.39. The maximum absolute atomic E-state index is 11.5. The van der Waals surface area contributed by atoms with Gasteiger partial charge in [0.15, 0.2) is 0 Å². The second-order valence-electron chi connectivity index (χ2n) is 3.45. The highest BCUT2D eigenvalue weighted by atomic mass is 16.5. The third-order valence-electron chi connectivity index (χ3n) is 2.10. The van der Waals surface area contributed by atoms with Crippen molar-refractivity contribution in [1.29, 1.82) is 0 Å². The summed E-state index contributed by atoms with van der Waals surface area (Å²) in [6, 6.07) is 9.52. The lowest BCUT2D eigenvalue weighted by Gasteiger charge is -2.02. The summed E-state index contributed by atoms with van der Waals surface area (Å²) >= 11 is 0. The Morgan fingerprint density at radius 3 is 2.67 bits per heavy atom. The predicted octanol–water partition coefficient (Wildman–Crippen LogP) is 3.24. The van der Waals surface area contributed by atoms with E-state index in [1.54, 1.807) is 13.1 Å². The molecule has 0 amide bonds. The molecule has 3 nitrogen and oxygen atoms in total. The third kappa shape index (κ3) is 4.78. The number of carbonyl (C=O) groups is 1. The van der Waals surface area contributed by atoms with E-state index in [2.05, 4.69) is 4.99 Å². The molecule has 0 aliphatic carbocycles. The first kappa shape index (κ1) is 13.9. The molecule has 0 bridgehead atoms. The molecule has 3 heteroatoms. The monoisotopic (exact) mass is 243 g/mol. The summed E-state index contributed by atoms with van der Waals surface area (Å²) in [5.41, 5.74) is 1.47. The van der Waals surface area contributed by atoms with Gasteiger partial charge in [0.05, 0.1) is 12.3 Å². The van der Waals surface area contributed by atoms with Gasteiger partial charge < -0.3 is 4.74 Å². The molecule has 0 radical (unpaired) electrons. The number of carbonyl (C=O) groups excluding carboxylic acids is 1. The fourth-order valence-corrected chi connectivity index (χ4v) is 1.31. The van der Waals surface area contributed by atoms with Crippen molar-refractivity contribution in [2.45, 2.75) is 13.8 Å². The minimum absolute atomic E-state index is 0.357. The number of hydrogen-bond acceptors (Lipinski definition) is 3. The van der Waals surface area contributed by atoms with E-state index in [0.717, 1.165) is 5.56 Å². The zero-order valence-electron chi connectivity index (χ0n) is 10.7. The molecule has 0 atom stereocenters. The van der Waals surface area contributed by atoms with Gasteiger partial charge in [0.1, 0.15) is 0 Å². The standard InChI is InChI=1S/C15H17NO2/c1-3-5-11-16-14(12-15(17)18-4-2)13-9-7-6-8-10-13/h3,5-12H,4H2,1-2H3/b5-3+,14-12+,16-11+. The van der Waals surface area contributed by atoms with Crippen LogP contribution in [-0.4, -0.2) is 18.8 Å². The van der Waals surface area contributed by atoms with Crippen LogP contribution < -0.4 is 0 Å². The molecule has 0 aliphatic rings. The Balaban J connectivity index is 2.99. The van der Waals surface area contributed by atoms with E-state index in [-0.39, 0.29) is 5.97 Å². The highest BCUT2D eigenvalue weighted by Crippen LogP contribution is 2.15. The fourth-order valence-electron chi connectivity index (χ4n) is 1.31. The lowest BCUT2D eigenvalue weighted by Crippen LogP contribution is -2.00. The first-order valence-electron chi connectivity index (χ1n) is 5.87. The average molecular weight is 243 g/mol. The number of nitrogens with zero attached hydrogens (tertiary/aromatic N) is 1. The summed E-state index contributed by atoms with van der Waals surface area (Å²) in [6.45, 7) is 4.04. The van der Waals surface area contributed by atoms with E-state index < -0.39 is 0 Å². The number of hydrogen-bond donors (Lipinski definition) is 0. The largest absolute Gasteiger partial charge is 0.463 e. The lowest BCUT2D eigenvalue weighted by molar-refractivity contribution is -0.137. The fraction of sp³-hybridized carbons (Fsp3) is 0.200. The first-order chi connectivity index (χ1) is 8.77. The molecule has 0 aliphatic heterocycles. The predicted molar refractivity (Wildman–Crippen MR) is 74.4 cm³/mol. The second kappa shape index (κ2) is 8.01. The second-order valence-corrected chi connectivity index (χ2v) is 3.45. The van der Waals surface area contributed by atoms with Gasteiger partial charge in [-0.15, -0.1) is 0 Å². The SMILES string of the molecule is C/C=C/C=N/C(=C/C(=O)OCC)c1ccccc1. The van der Waals surface area contributed by atoms with Crippen molar-refractivity contribution in [3.63, 3.8) is 0 Å². The topological polar surface area (TPSA) is 38.7 Å². The van der Waals surface area contributed by atoms with Crippen LogP contribution in [-0.2, 0) is 9.53 Å². The molecule has 0 saturated carbocycles. The Labute approximate surface area is 108 Å². The highest BCUT2D eigenvalue weighted by molar-refractivity contribution is 5.93. The summed E-state index contributed by atoms with van der Waals surface area (Å²) in [4.78, 5) is 15.7. The molecule has 94 valence electrons. The number of benzene rings is 1. The van der Waals surface area contributed by atoms with Crippen molar-refractivity contribution in [2.75, 3.05) is 6.61 Å². The Bertz CT molecular complexity index is 459. The Morgan fingerprint density at radius 2 is 2.06 bits per heavy atom. The molecular formula is C15H17NO2. The summed E-state index contributed by atoms with van der Waals surface area (Å²) in [5.74, 6) is -0.381. The van der Waals surface area contributed by atoms with E-state index in [4.69, 9.17) is 4.74 Å². The molecule has 0 heterocycles. The van der Waals surface area contributed by atoms with Gasteiger partial charge in [0, 0.05) is 17.9 Å². The van der Waals surface area contributed by atoms with Crippen LogP contribution in [0.2, 0.25) is 0 Å². The molecule has 18 heavy (non-hydrogen) atoms. The van der Waals surface area contributed by atoms with Crippen LogP contribution in [0.1, 0.15) is 19.4 Å². The van der Waals surface area contributed by atoms with Crippen LogP contribution in [0.4, 0.5) is 0 Å². The van der Waals surface area contributed by atoms with Crippen molar-refractivity contribution in [3.8, 4) is 0 Å². The van der Waals surface area contributed by atoms with Gasteiger partial charge in [0.2, 0.25) is 0 Å². The molecule has 0 spiro atoms. The number of aliphatic imine (C=N–C) groups is 1. The van der Waals surface area contributed by atoms with Crippen LogP contribution in [0.15, 0.2) is 53.6 Å². The zero-order chi connectivity index (χ0) is 13.2. The van der Waals surface area contributed by atoms with Crippen LogP contribution >= 0.6 is 0 Å². The van der Waals surface area contributed by atoms with E-state index in [1.165, 1.54) is 6.08 Å². The van der Waals surface area contributed by atoms with Crippen molar-refractivity contribution >= 4 is 17.9 Å². The van der Waals surface area contributed by atoms with Gasteiger partial charge in [-0.1, -0.05) is 36.4 Å². The van der Waals surface area contributed by atoms with Crippen LogP contribution in [0, 0.1) is 0 Å². The summed E-state index contributed by atoms with van der Waals surface area (Å²) < 4.78 is 4.89. The van der Waals surface area contributed by atoms with Gasteiger partial charge in [-0.05, 0) is 19.9 Å². The third-order valence-corrected chi connectivity index (χ3v) is 2.10. The molecule has 0 N–H and O–H groups in total. The van der Waals surface area contributed by atoms with Gasteiger partial charge in [0.25, 0.3) is 0 Å². The highest BCUT2D eigenvalue weighted by Gasteiger charge is 2.03. The molecule has 1 aromatic carbocycles. The van der Waals surface area contributed by atoms with Crippen LogP contribution in [0.3, 0.4) is 0 Å². The van der Waals surface area contributed by atoms with E-state index in [0.29, 0.717) is 12.3 Å². The zero-order valence-corrected chi connectivity index (χ0v) is 10.7. The van der Waals surface area contributed by atoms with Gasteiger partial charge in [-0.3, -0.25) is 4.99 Å². The van der Waals surface area contributed by atoms with Crippen LogP contribution in [0.5, 0.6) is 0 Å². The molecular weight excluding hydrogens is 226 g/mol. The molecule has 0 fully saturated rings. The number of esters is 1. The minimum Gasteiger partial charge on any atom is -0.463 e. The lowest BCUT2D eigenvalue weighted by atomic mass is 10.1. The minimum atomic E-state index is -0.381. The summed E-state index contributed by atoms with van der Waals surface area (Å²) in [5, 5.41) is 0. The molecule has 1 aromatic rings. The van der Waals surface area contributed by atoms with Gasteiger partial charge >= 0.3 is 5.97 Å².